The zero-order chi connectivity index (χ0) is 20.4. The molecule has 0 aromatic heterocycles. The van der Waals surface area contributed by atoms with Crippen molar-refractivity contribution in [2.24, 2.45) is 4.99 Å². The van der Waals surface area contributed by atoms with Gasteiger partial charge in [-0.05, 0) is 37.1 Å². The molecule has 0 fully saturated rings. The van der Waals surface area contributed by atoms with Gasteiger partial charge in [-0.25, -0.2) is 0 Å². The third kappa shape index (κ3) is 7.30. The van der Waals surface area contributed by atoms with E-state index in [9.17, 15) is 0 Å². The summed E-state index contributed by atoms with van der Waals surface area (Å²) >= 11 is 0. The Balaban J connectivity index is 0.00000420. The highest BCUT2D eigenvalue weighted by molar-refractivity contribution is 14.0. The number of nitrogens with one attached hydrogen (secondary N) is 1. The molecule has 2 rings (SSSR count). The van der Waals surface area contributed by atoms with Gasteiger partial charge in [-0.2, -0.15) is 0 Å². The summed E-state index contributed by atoms with van der Waals surface area (Å²) in [7, 11) is 7.12. The van der Waals surface area contributed by atoms with E-state index in [2.05, 4.69) is 27.3 Å². The van der Waals surface area contributed by atoms with Crippen molar-refractivity contribution in [2.75, 3.05) is 41.5 Å². The summed E-state index contributed by atoms with van der Waals surface area (Å²) in [5.74, 6) is 3.23. The molecule has 0 bridgehead atoms. The van der Waals surface area contributed by atoms with E-state index in [1.807, 2.05) is 44.3 Å². The van der Waals surface area contributed by atoms with Crippen molar-refractivity contribution >= 4 is 29.9 Å². The lowest BCUT2D eigenvalue weighted by Gasteiger charge is -2.23. The van der Waals surface area contributed by atoms with Gasteiger partial charge in [0.1, 0.15) is 5.75 Å². The van der Waals surface area contributed by atoms with Crippen molar-refractivity contribution in [3.05, 3.63) is 53.6 Å². The fourth-order valence-electron chi connectivity index (χ4n) is 2.94. The molecule has 7 heteroatoms. The van der Waals surface area contributed by atoms with Crippen LogP contribution in [0.1, 0.15) is 18.1 Å². The Morgan fingerprint density at radius 1 is 1.03 bits per heavy atom. The van der Waals surface area contributed by atoms with Crippen LogP contribution < -0.4 is 19.5 Å². The van der Waals surface area contributed by atoms with Crippen molar-refractivity contribution in [1.29, 1.82) is 0 Å². The molecule has 0 amide bonds. The predicted octanol–water partition coefficient (Wildman–Crippen LogP) is 3.97. The molecule has 0 aliphatic rings. The van der Waals surface area contributed by atoms with Gasteiger partial charge < -0.3 is 24.4 Å². The number of hydrogen-bond acceptors (Lipinski definition) is 4. The molecule has 0 saturated carbocycles. The van der Waals surface area contributed by atoms with Crippen LogP contribution in [0, 0.1) is 0 Å². The molecule has 29 heavy (non-hydrogen) atoms. The number of likely N-dealkylation sites (N-methyl/N-ethyl adjacent to an activating group) is 1. The van der Waals surface area contributed by atoms with Gasteiger partial charge in [-0.15, -0.1) is 24.0 Å². The van der Waals surface area contributed by atoms with E-state index in [1.165, 1.54) is 5.56 Å². The van der Waals surface area contributed by atoms with Crippen LogP contribution in [0.4, 0.5) is 0 Å². The van der Waals surface area contributed by atoms with Crippen molar-refractivity contribution in [1.82, 2.24) is 10.2 Å². The van der Waals surface area contributed by atoms with Crippen LogP contribution >= 0.6 is 24.0 Å². The lowest BCUT2D eigenvalue weighted by molar-refractivity contribution is 0.336. The minimum atomic E-state index is 0. The van der Waals surface area contributed by atoms with Gasteiger partial charge in [-0.3, -0.25) is 4.99 Å². The molecule has 2 aromatic rings. The monoisotopic (exact) mass is 513 g/mol. The summed E-state index contributed by atoms with van der Waals surface area (Å²) in [4.78, 5) is 6.51. The van der Waals surface area contributed by atoms with Crippen molar-refractivity contribution in [3.8, 4) is 17.2 Å². The first-order chi connectivity index (χ1) is 13.6. The highest BCUT2D eigenvalue weighted by Gasteiger charge is 2.10. The summed E-state index contributed by atoms with van der Waals surface area (Å²) < 4.78 is 16.4. The molecule has 0 radical (unpaired) electrons. The summed E-state index contributed by atoms with van der Waals surface area (Å²) in [6.45, 7) is 4.12. The Bertz CT molecular complexity index is 784. The molecular formula is C22H32IN3O3. The average Bonchev–Trinajstić information content (AvgIpc) is 2.73. The van der Waals surface area contributed by atoms with E-state index < -0.39 is 0 Å². The fraction of sp³-hybridized carbons (Fsp3) is 0.409. The number of guanidine groups is 1. The Labute approximate surface area is 191 Å². The van der Waals surface area contributed by atoms with E-state index in [-0.39, 0.29) is 24.0 Å². The number of para-hydroxylation sites is 1. The van der Waals surface area contributed by atoms with Gasteiger partial charge in [0.15, 0.2) is 17.5 Å². The second-order valence-corrected chi connectivity index (χ2v) is 6.30. The Morgan fingerprint density at radius 3 is 2.41 bits per heavy atom. The molecule has 0 aliphatic carbocycles. The molecule has 6 nitrogen and oxygen atoms in total. The second-order valence-electron chi connectivity index (χ2n) is 6.30. The molecule has 0 saturated heterocycles. The van der Waals surface area contributed by atoms with E-state index >= 15 is 0 Å². The van der Waals surface area contributed by atoms with Crippen molar-refractivity contribution < 1.29 is 14.2 Å². The lowest BCUT2D eigenvalue weighted by atomic mass is 10.1. The van der Waals surface area contributed by atoms with Crippen molar-refractivity contribution in [2.45, 2.75) is 19.9 Å². The summed E-state index contributed by atoms with van der Waals surface area (Å²) in [5, 5.41) is 3.41. The first-order valence-electron chi connectivity index (χ1n) is 9.46. The van der Waals surface area contributed by atoms with Gasteiger partial charge in [0.25, 0.3) is 0 Å². The van der Waals surface area contributed by atoms with Gasteiger partial charge in [0.05, 0.1) is 20.8 Å². The number of nitrogens with zero attached hydrogens (tertiary/aromatic N) is 2. The minimum Gasteiger partial charge on any atom is -0.494 e. The SMILES string of the molecule is CCOc1ccccc1CNC(=NC)N(C)CCc1ccc(OC)c(OC)c1.I. The lowest BCUT2D eigenvalue weighted by Crippen LogP contribution is -2.39. The van der Waals surface area contributed by atoms with Crippen molar-refractivity contribution in [3.63, 3.8) is 0 Å². The number of aliphatic imine (C=N–C) groups is 1. The third-order valence-corrected chi connectivity index (χ3v) is 4.47. The summed E-state index contributed by atoms with van der Waals surface area (Å²) in [6, 6.07) is 14.1. The van der Waals surface area contributed by atoms with Crippen LogP contribution in [0.15, 0.2) is 47.5 Å². The summed E-state index contributed by atoms with van der Waals surface area (Å²) in [6.07, 6.45) is 0.868. The number of benzene rings is 2. The number of hydrogen-bond donors (Lipinski definition) is 1. The average molecular weight is 513 g/mol. The maximum atomic E-state index is 5.69. The molecule has 2 aromatic carbocycles. The molecule has 0 spiro atoms. The van der Waals surface area contributed by atoms with E-state index in [0.29, 0.717) is 13.2 Å². The number of ether oxygens (including phenoxy) is 3. The molecule has 0 aliphatic heterocycles. The molecule has 0 heterocycles. The maximum Gasteiger partial charge on any atom is 0.193 e. The second kappa shape index (κ2) is 13.1. The molecule has 0 unspecified atom stereocenters. The Hall–Kier alpha value is -2.16. The number of halogens is 1. The van der Waals surface area contributed by atoms with Gasteiger partial charge in [-0.1, -0.05) is 24.3 Å². The van der Waals surface area contributed by atoms with Crippen LogP contribution in [-0.2, 0) is 13.0 Å². The van der Waals surface area contributed by atoms with E-state index in [0.717, 1.165) is 41.7 Å². The van der Waals surface area contributed by atoms with Crippen LogP contribution in [0.25, 0.3) is 0 Å². The third-order valence-electron chi connectivity index (χ3n) is 4.47. The van der Waals surface area contributed by atoms with Crippen LogP contribution in [0.5, 0.6) is 17.2 Å². The smallest absolute Gasteiger partial charge is 0.193 e. The Kier molecular flexibility index (Phi) is 11.3. The largest absolute Gasteiger partial charge is 0.494 e. The Morgan fingerprint density at radius 2 is 1.76 bits per heavy atom. The van der Waals surface area contributed by atoms with E-state index in [1.54, 1.807) is 21.3 Å². The standard InChI is InChI=1S/C22H31N3O3.HI/c1-6-28-19-10-8-7-9-18(19)16-24-22(23-2)25(3)14-13-17-11-12-20(26-4)21(15-17)27-5;/h7-12,15H,6,13-14,16H2,1-5H3,(H,23,24);1H. The molecule has 160 valence electrons. The van der Waals surface area contributed by atoms with Gasteiger partial charge in [0.2, 0.25) is 0 Å². The predicted molar refractivity (Wildman–Crippen MR) is 129 cm³/mol. The van der Waals surface area contributed by atoms with Gasteiger partial charge in [0, 0.05) is 32.7 Å². The zero-order valence-corrected chi connectivity index (χ0v) is 20.2. The molecule has 1 N–H and O–H groups in total. The van der Waals surface area contributed by atoms with Crippen LogP contribution in [-0.4, -0.2) is 52.3 Å². The first-order valence-corrected chi connectivity index (χ1v) is 9.46. The summed E-state index contributed by atoms with van der Waals surface area (Å²) in [5.41, 5.74) is 2.29. The van der Waals surface area contributed by atoms with Crippen LogP contribution in [0.2, 0.25) is 0 Å². The van der Waals surface area contributed by atoms with Crippen LogP contribution in [0.3, 0.4) is 0 Å². The highest BCUT2D eigenvalue weighted by atomic mass is 127. The fourth-order valence-corrected chi connectivity index (χ4v) is 2.94. The number of methoxy groups -OCH3 is 2. The molecular weight excluding hydrogens is 481 g/mol. The van der Waals surface area contributed by atoms with E-state index in [4.69, 9.17) is 14.2 Å². The molecule has 0 atom stereocenters. The quantitative estimate of drug-likeness (QED) is 0.313. The number of rotatable bonds is 9. The topological polar surface area (TPSA) is 55.3 Å². The highest BCUT2D eigenvalue weighted by Crippen LogP contribution is 2.27. The zero-order valence-electron chi connectivity index (χ0n) is 17.9. The first kappa shape index (κ1) is 24.9. The normalized spacial score (nSPS) is 10.7. The van der Waals surface area contributed by atoms with Gasteiger partial charge >= 0.3 is 0 Å². The minimum absolute atomic E-state index is 0. The maximum absolute atomic E-state index is 5.69.